The molecule has 0 atom stereocenters. The maximum absolute atomic E-state index is 5.72. The minimum atomic E-state index is 0.656. The van der Waals surface area contributed by atoms with Gasteiger partial charge in [-0.25, -0.2) is 4.98 Å². The van der Waals surface area contributed by atoms with Crippen molar-refractivity contribution in [3.8, 4) is 0 Å². The molecule has 3 rings (SSSR count). The van der Waals surface area contributed by atoms with E-state index in [9.17, 15) is 0 Å². The molecule has 0 saturated heterocycles. The zero-order valence-corrected chi connectivity index (χ0v) is 16.0. The predicted molar refractivity (Wildman–Crippen MR) is 105 cm³/mol. The Bertz CT molecular complexity index is 821. The predicted octanol–water partition coefficient (Wildman–Crippen LogP) is 4.09. The van der Waals surface area contributed by atoms with E-state index < -0.39 is 0 Å². The summed E-state index contributed by atoms with van der Waals surface area (Å²) in [6.07, 6.45) is 6.35. The lowest BCUT2D eigenvalue weighted by atomic mass is 10.2. The van der Waals surface area contributed by atoms with E-state index in [1.807, 2.05) is 12.1 Å². The molecule has 0 amide bonds. The minimum Gasteiger partial charge on any atom is -0.337 e. The molecule has 0 aliphatic rings. The van der Waals surface area contributed by atoms with E-state index in [0.717, 1.165) is 45.8 Å². The molecule has 0 aromatic carbocycles. The number of nitrogens with two attached hydrogens (primary N) is 1. The number of H-pyrrole nitrogens is 1. The van der Waals surface area contributed by atoms with Gasteiger partial charge in [-0.2, -0.15) is 0 Å². The first-order valence-corrected chi connectivity index (χ1v) is 9.40. The highest BCUT2D eigenvalue weighted by Gasteiger charge is 2.17. The topological polar surface area (TPSA) is 70.8 Å². The van der Waals surface area contributed by atoms with E-state index in [1.165, 1.54) is 10.4 Å². The Balaban J connectivity index is 1.93. The molecule has 0 fully saturated rings. The molecule has 5 nitrogen and oxygen atoms in total. The average molecular weight is 406 g/mol. The Kier molecular flexibility index (Phi) is 5.33. The number of thiophene rings is 1. The molecule has 0 saturated carbocycles. The van der Waals surface area contributed by atoms with Crippen molar-refractivity contribution in [1.29, 1.82) is 0 Å². The van der Waals surface area contributed by atoms with Crippen LogP contribution in [-0.2, 0) is 6.54 Å². The normalized spacial score (nSPS) is 11.1. The molecule has 0 bridgehead atoms. The molecule has 3 aromatic heterocycles. The van der Waals surface area contributed by atoms with Gasteiger partial charge in [-0.15, -0.1) is 11.3 Å². The maximum Gasteiger partial charge on any atom is 0.204 e. The molecular weight excluding hydrogens is 386 g/mol. The number of fused-ring (bicyclic) bond motifs is 1. The number of halogens is 1. The summed E-state index contributed by atoms with van der Waals surface area (Å²) in [5, 5.41) is 0. The number of anilines is 1. The fraction of sp³-hybridized carbons (Fsp3) is 0.294. The van der Waals surface area contributed by atoms with Crippen molar-refractivity contribution in [2.45, 2.75) is 19.9 Å². The Morgan fingerprint density at radius 2 is 2.33 bits per heavy atom. The van der Waals surface area contributed by atoms with Crippen LogP contribution in [-0.4, -0.2) is 28.0 Å². The van der Waals surface area contributed by atoms with Crippen molar-refractivity contribution in [1.82, 2.24) is 15.0 Å². The van der Waals surface area contributed by atoms with E-state index in [1.54, 1.807) is 23.7 Å². The molecular formula is C17H20BrN5S. The number of nitrogens with zero attached hydrogens (tertiary/aromatic N) is 3. The first kappa shape index (κ1) is 17.1. The molecule has 3 aromatic rings. The third kappa shape index (κ3) is 3.38. The monoisotopic (exact) mass is 405 g/mol. The first-order chi connectivity index (χ1) is 11.6. The van der Waals surface area contributed by atoms with Crippen molar-refractivity contribution >= 4 is 50.3 Å². The summed E-state index contributed by atoms with van der Waals surface area (Å²) in [4.78, 5) is 16.9. The molecule has 0 unspecified atom stereocenters. The van der Waals surface area contributed by atoms with E-state index in [0.29, 0.717) is 6.54 Å². The van der Waals surface area contributed by atoms with Crippen LogP contribution in [0, 0.1) is 6.92 Å². The van der Waals surface area contributed by atoms with E-state index in [2.05, 4.69) is 49.3 Å². The lowest BCUT2D eigenvalue weighted by molar-refractivity contribution is 0.723. The minimum absolute atomic E-state index is 0.656. The summed E-state index contributed by atoms with van der Waals surface area (Å²) < 4.78 is 1.13. The fourth-order valence-corrected chi connectivity index (χ4v) is 4.39. The van der Waals surface area contributed by atoms with E-state index >= 15 is 0 Å². The van der Waals surface area contributed by atoms with Gasteiger partial charge in [0.1, 0.15) is 5.52 Å². The summed E-state index contributed by atoms with van der Waals surface area (Å²) in [7, 11) is 0. The summed E-state index contributed by atoms with van der Waals surface area (Å²) in [5.74, 6) is 0.857. The van der Waals surface area contributed by atoms with Crippen LogP contribution in [0.5, 0.6) is 0 Å². The smallest absolute Gasteiger partial charge is 0.204 e. The second kappa shape index (κ2) is 7.46. The van der Waals surface area contributed by atoms with Gasteiger partial charge in [0.2, 0.25) is 5.95 Å². The van der Waals surface area contributed by atoms with Crippen molar-refractivity contribution in [3.05, 3.63) is 44.8 Å². The third-order valence-corrected chi connectivity index (χ3v) is 6.48. The summed E-state index contributed by atoms with van der Waals surface area (Å²) >= 11 is 5.41. The molecule has 7 heteroatoms. The Morgan fingerprint density at radius 1 is 1.50 bits per heavy atom. The van der Waals surface area contributed by atoms with Crippen molar-refractivity contribution < 1.29 is 0 Å². The number of rotatable bonds is 7. The highest BCUT2D eigenvalue weighted by molar-refractivity contribution is 9.10. The van der Waals surface area contributed by atoms with Gasteiger partial charge in [-0.05, 0) is 47.4 Å². The number of hydrogen-bond acceptors (Lipinski definition) is 5. The van der Waals surface area contributed by atoms with Crippen molar-refractivity contribution in [3.63, 3.8) is 0 Å². The van der Waals surface area contributed by atoms with Crippen molar-refractivity contribution in [2.24, 2.45) is 5.73 Å². The summed E-state index contributed by atoms with van der Waals surface area (Å²) in [5.41, 5.74) is 8.84. The van der Waals surface area contributed by atoms with Crippen LogP contribution in [0.1, 0.15) is 21.7 Å². The van der Waals surface area contributed by atoms with Gasteiger partial charge < -0.3 is 15.6 Å². The summed E-state index contributed by atoms with van der Waals surface area (Å²) in [6, 6.07) is 1.94. The van der Waals surface area contributed by atoms with Gasteiger partial charge in [0.15, 0.2) is 0 Å². The average Bonchev–Trinajstić information content (AvgIpc) is 3.14. The van der Waals surface area contributed by atoms with Gasteiger partial charge in [0.25, 0.3) is 0 Å². The fourth-order valence-electron chi connectivity index (χ4n) is 2.55. The second-order valence-electron chi connectivity index (χ2n) is 5.55. The number of pyridine rings is 1. The number of aromatic amines is 1. The zero-order valence-electron chi connectivity index (χ0n) is 13.6. The van der Waals surface area contributed by atoms with E-state index in [4.69, 9.17) is 5.73 Å². The second-order valence-corrected chi connectivity index (χ2v) is 7.48. The van der Waals surface area contributed by atoms with Crippen molar-refractivity contribution in [2.75, 3.05) is 18.0 Å². The van der Waals surface area contributed by atoms with Gasteiger partial charge in [-0.1, -0.05) is 12.7 Å². The Labute approximate surface area is 153 Å². The molecule has 24 heavy (non-hydrogen) atoms. The number of hydrogen-bond donors (Lipinski definition) is 2. The molecule has 3 heterocycles. The molecule has 3 N–H and O–H groups in total. The quantitative estimate of drug-likeness (QED) is 0.620. The lowest BCUT2D eigenvalue weighted by Crippen LogP contribution is -2.26. The highest BCUT2D eigenvalue weighted by atomic mass is 79.9. The maximum atomic E-state index is 5.72. The van der Waals surface area contributed by atoms with Crippen LogP contribution in [0.15, 0.2) is 29.5 Å². The largest absolute Gasteiger partial charge is 0.337 e. The number of aromatic nitrogens is 3. The van der Waals surface area contributed by atoms with E-state index in [-0.39, 0.29) is 0 Å². The van der Waals surface area contributed by atoms with Gasteiger partial charge in [-0.3, -0.25) is 4.98 Å². The first-order valence-electron chi connectivity index (χ1n) is 7.79. The molecule has 126 valence electrons. The Hall–Kier alpha value is -1.70. The van der Waals surface area contributed by atoms with Crippen LogP contribution in [0.3, 0.4) is 0 Å². The number of imidazole rings is 1. The van der Waals surface area contributed by atoms with Crippen LogP contribution in [0.25, 0.3) is 17.1 Å². The van der Waals surface area contributed by atoms with Crippen LogP contribution in [0.4, 0.5) is 5.95 Å². The Morgan fingerprint density at radius 3 is 3.00 bits per heavy atom. The molecule has 0 radical (unpaired) electrons. The zero-order chi connectivity index (χ0) is 17.1. The molecule has 0 aliphatic heterocycles. The number of nitrogens with one attached hydrogen (secondary N) is 1. The standard InChI is InChI=1S/C17H20BrN5S/c1-3-14-16(18)11(2)15(24-14)10-23(8-4-6-19)17-21-12-5-7-20-9-13(12)22-17/h3,5,7,9H,1,4,6,8,10,19H2,2H3,(H,21,22). The highest BCUT2D eigenvalue weighted by Crippen LogP contribution is 2.34. The van der Waals surface area contributed by atoms with Gasteiger partial charge >= 0.3 is 0 Å². The molecule has 0 aliphatic carbocycles. The van der Waals surface area contributed by atoms with Crippen LogP contribution in [0.2, 0.25) is 0 Å². The van der Waals surface area contributed by atoms with Gasteiger partial charge in [0, 0.05) is 27.0 Å². The lowest BCUT2D eigenvalue weighted by Gasteiger charge is -2.21. The van der Waals surface area contributed by atoms with Gasteiger partial charge in [0.05, 0.1) is 18.3 Å². The van der Waals surface area contributed by atoms with Crippen LogP contribution < -0.4 is 10.6 Å². The SMILES string of the molecule is C=Cc1sc(CN(CCCN)c2nc3cnccc3[nH]2)c(C)c1Br. The summed E-state index contributed by atoms with van der Waals surface area (Å²) in [6.45, 7) is 8.31. The van der Waals surface area contributed by atoms with Crippen LogP contribution >= 0.6 is 27.3 Å². The molecule has 0 spiro atoms. The third-order valence-electron chi connectivity index (χ3n) is 3.92.